The molecule has 0 aliphatic rings. The molecule has 0 bridgehead atoms. The summed E-state index contributed by atoms with van der Waals surface area (Å²) >= 11 is 5.54. The molecule has 2 rings (SSSR count). The van der Waals surface area contributed by atoms with Crippen LogP contribution in [0.2, 0.25) is 0 Å². The largest absolute Gasteiger partial charge is 0.346 e. The summed E-state index contributed by atoms with van der Waals surface area (Å²) in [6.45, 7) is 0.441. The lowest BCUT2D eigenvalue weighted by atomic mass is 10.2. The maximum atomic E-state index is 11.9. The van der Waals surface area contributed by atoms with Crippen LogP contribution < -0.4 is 5.32 Å². The summed E-state index contributed by atoms with van der Waals surface area (Å²) in [5, 5.41) is 9.44. The average molecular weight is 406 g/mol. The van der Waals surface area contributed by atoms with Crippen LogP contribution in [0.25, 0.3) is 0 Å². The van der Waals surface area contributed by atoms with Crippen molar-refractivity contribution >= 4 is 44.4 Å². The van der Waals surface area contributed by atoms with Crippen molar-refractivity contribution in [3.8, 4) is 0 Å². The molecule has 2 aromatic rings. The third kappa shape index (κ3) is 3.29. The van der Waals surface area contributed by atoms with E-state index < -0.39 is 0 Å². The van der Waals surface area contributed by atoms with Gasteiger partial charge in [0.25, 0.3) is 5.91 Å². The molecule has 0 aliphatic heterocycles. The van der Waals surface area contributed by atoms with E-state index in [0.717, 1.165) is 13.7 Å². The zero-order chi connectivity index (χ0) is 12.3. The van der Waals surface area contributed by atoms with Gasteiger partial charge in [-0.1, -0.05) is 0 Å². The molecule has 4 nitrogen and oxygen atoms in total. The third-order valence-corrected chi connectivity index (χ3v) is 3.53. The number of H-pyrrole nitrogens is 1. The van der Waals surface area contributed by atoms with Gasteiger partial charge in [-0.2, -0.15) is 5.10 Å². The van der Waals surface area contributed by atoms with Crippen molar-refractivity contribution in [3.63, 3.8) is 0 Å². The van der Waals surface area contributed by atoms with Gasteiger partial charge in [0.2, 0.25) is 0 Å². The second kappa shape index (κ2) is 5.63. The highest BCUT2D eigenvalue weighted by molar-refractivity contribution is 14.1. The molecule has 0 saturated heterocycles. The lowest BCUT2D eigenvalue weighted by molar-refractivity contribution is 0.0949. The number of aromatic nitrogens is 2. The minimum absolute atomic E-state index is 0.106. The molecular weight excluding hydrogens is 397 g/mol. The van der Waals surface area contributed by atoms with Crippen LogP contribution in [0.5, 0.6) is 0 Å². The Morgan fingerprint density at radius 1 is 1.47 bits per heavy atom. The van der Waals surface area contributed by atoms with Crippen LogP contribution in [0.1, 0.15) is 16.1 Å². The van der Waals surface area contributed by atoms with Gasteiger partial charge in [-0.3, -0.25) is 9.89 Å². The lowest BCUT2D eigenvalue weighted by Gasteiger charge is -2.06. The molecule has 1 heterocycles. The summed E-state index contributed by atoms with van der Waals surface area (Å²) in [7, 11) is 0. The molecule has 0 unspecified atom stereocenters. The molecule has 0 saturated carbocycles. The second-order valence-corrected chi connectivity index (χ2v) is 5.49. The number of rotatable bonds is 3. The van der Waals surface area contributed by atoms with Crippen molar-refractivity contribution in [3.05, 3.63) is 49.8 Å². The van der Waals surface area contributed by atoms with E-state index in [1.807, 2.05) is 24.3 Å². The first-order valence-corrected chi connectivity index (χ1v) is 6.75. The van der Waals surface area contributed by atoms with E-state index in [1.165, 1.54) is 0 Å². The maximum absolute atomic E-state index is 11.9. The van der Waals surface area contributed by atoms with Crippen molar-refractivity contribution < 1.29 is 4.79 Å². The molecule has 0 spiro atoms. The molecule has 1 aromatic heterocycles. The number of carbonyl (C=O) groups excluding carboxylic acids is 1. The highest BCUT2D eigenvalue weighted by atomic mass is 127. The highest BCUT2D eigenvalue weighted by Crippen LogP contribution is 2.19. The first-order valence-electron chi connectivity index (χ1n) is 4.88. The number of hydrogen-bond acceptors (Lipinski definition) is 2. The molecule has 1 aromatic carbocycles. The third-order valence-electron chi connectivity index (χ3n) is 2.17. The molecule has 0 aliphatic carbocycles. The van der Waals surface area contributed by atoms with E-state index in [0.29, 0.717) is 12.1 Å². The van der Waals surface area contributed by atoms with E-state index in [4.69, 9.17) is 0 Å². The number of nitrogens with zero attached hydrogens (tertiary/aromatic N) is 1. The summed E-state index contributed by atoms with van der Waals surface area (Å²) in [6.07, 6.45) is 1.66. The van der Waals surface area contributed by atoms with Gasteiger partial charge in [0, 0.05) is 14.2 Å². The fourth-order valence-corrected chi connectivity index (χ4v) is 2.24. The molecule has 1 amide bonds. The molecule has 17 heavy (non-hydrogen) atoms. The van der Waals surface area contributed by atoms with Crippen LogP contribution in [-0.2, 0) is 6.54 Å². The smallest absolute Gasteiger partial charge is 0.252 e. The number of aromatic amines is 1. The first-order chi connectivity index (χ1) is 8.16. The quantitative estimate of drug-likeness (QED) is 0.771. The van der Waals surface area contributed by atoms with Crippen molar-refractivity contribution in [2.24, 2.45) is 0 Å². The minimum Gasteiger partial charge on any atom is -0.346 e. The van der Waals surface area contributed by atoms with E-state index in [1.54, 1.807) is 6.20 Å². The average Bonchev–Trinajstić information content (AvgIpc) is 2.82. The number of carbonyl (C=O) groups is 1. The maximum Gasteiger partial charge on any atom is 0.252 e. The number of amides is 1. The van der Waals surface area contributed by atoms with E-state index in [2.05, 4.69) is 54.0 Å². The number of benzene rings is 1. The second-order valence-electron chi connectivity index (χ2n) is 3.39. The Kier molecular flexibility index (Phi) is 4.16. The summed E-state index contributed by atoms with van der Waals surface area (Å²) in [5.74, 6) is -0.106. The van der Waals surface area contributed by atoms with Crippen molar-refractivity contribution in [2.45, 2.75) is 6.54 Å². The van der Waals surface area contributed by atoms with Gasteiger partial charge in [0.05, 0.1) is 17.8 Å². The van der Waals surface area contributed by atoms with Crippen LogP contribution in [0, 0.1) is 3.57 Å². The van der Waals surface area contributed by atoms with E-state index in [9.17, 15) is 4.79 Å². The van der Waals surface area contributed by atoms with Gasteiger partial charge in [0.15, 0.2) is 0 Å². The summed E-state index contributed by atoms with van der Waals surface area (Å²) in [4.78, 5) is 11.9. The summed E-state index contributed by atoms with van der Waals surface area (Å²) in [6, 6.07) is 7.47. The zero-order valence-electron chi connectivity index (χ0n) is 8.71. The van der Waals surface area contributed by atoms with E-state index in [-0.39, 0.29) is 5.91 Å². The van der Waals surface area contributed by atoms with Gasteiger partial charge < -0.3 is 5.32 Å². The van der Waals surface area contributed by atoms with Crippen LogP contribution in [-0.4, -0.2) is 16.1 Å². The number of halogens is 2. The fraction of sp³-hybridized carbons (Fsp3) is 0.0909. The molecule has 88 valence electrons. The predicted molar refractivity (Wildman–Crippen MR) is 76.6 cm³/mol. The minimum atomic E-state index is -0.106. The van der Waals surface area contributed by atoms with Crippen LogP contribution >= 0.6 is 38.5 Å². The molecular formula is C11H9BrIN3O. The Bertz CT molecular complexity index is 528. The normalized spacial score (nSPS) is 10.2. The van der Waals surface area contributed by atoms with Crippen molar-refractivity contribution in [1.82, 2.24) is 15.5 Å². The van der Waals surface area contributed by atoms with Crippen LogP contribution in [0.15, 0.2) is 34.9 Å². The lowest BCUT2D eigenvalue weighted by Crippen LogP contribution is -2.23. The van der Waals surface area contributed by atoms with Gasteiger partial charge >= 0.3 is 0 Å². The Morgan fingerprint density at radius 3 is 3.00 bits per heavy atom. The molecule has 6 heteroatoms. The van der Waals surface area contributed by atoms with Gasteiger partial charge in [-0.05, 0) is 62.8 Å². The van der Waals surface area contributed by atoms with Gasteiger partial charge in [-0.15, -0.1) is 0 Å². The fourth-order valence-electron chi connectivity index (χ4n) is 1.33. The van der Waals surface area contributed by atoms with Crippen LogP contribution in [0.4, 0.5) is 0 Å². The zero-order valence-corrected chi connectivity index (χ0v) is 12.4. The van der Waals surface area contributed by atoms with Crippen molar-refractivity contribution in [2.75, 3.05) is 0 Å². The predicted octanol–water partition coefficient (Wildman–Crippen LogP) is 2.71. The molecule has 0 atom stereocenters. The van der Waals surface area contributed by atoms with Crippen LogP contribution in [0.3, 0.4) is 0 Å². The molecule has 2 N–H and O–H groups in total. The molecule has 0 fully saturated rings. The first kappa shape index (κ1) is 12.6. The highest BCUT2D eigenvalue weighted by Gasteiger charge is 2.10. The summed E-state index contributed by atoms with van der Waals surface area (Å²) < 4.78 is 1.82. The number of nitrogens with one attached hydrogen (secondary N) is 2. The van der Waals surface area contributed by atoms with Crippen molar-refractivity contribution in [1.29, 1.82) is 0 Å². The number of hydrogen-bond donors (Lipinski definition) is 2. The van der Waals surface area contributed by atoms with E-state index >= 15 is 0 Å². The molecule has 0 radical (unpaired) electrons. The summed E-state index contributed by atoms with van der Waals surface area (Å²) in [5.41, 5.74) is 1.51. The Labute approximate surface area is 120 Å². The Morgan fingerprint density at radius 2 is 2.29 bits per heavy atom. The Hall–Kier alpha value is -0.890. The van der Waals surface area contributed by atoms with Gasteiger partial charge in [0.1, 0.15) is 0 Å². The SMILES string of the molecule is O=C(NCc1ccn[nH]1)c1cc(I)ccc1Br. The standard InChI is InChI=1S/C11H9BrIN3O/c12-10-2-1-7(13)5-9(10)11(17)14-6-8-3-4-15-16-8/h1-5H,6H2,(H,14,17)(H,15,16). The van der Waals surface area contributed by atoms with Gasteiger partial charge in [-0.25, -0.2) is 0 Å². The monoisotopic (exact) mass is 405 g/mol. The topological polar surface area (TPSA) is 57.8 Å². The Balaban J connectivity index is 2.07.